The normalized spacial score (nSPS) is 13.6. The standard InChI is InChI=1S/C20H22N4O/c1-3-23(4-2)15-10-8-14(9-11-15)19-22-17-7-5-6-16-18(17)24(19)13-12-21-20(16)25/h5-11H,3-4,12-13H2,1-2H3,(H,21,25). The van der Waals surface area contributed by atoms with E-state index in [9.17, 15) is 4.79 Å². The maximum Gasteiger partial charge on any atom is 0.253 e. The Bertz CT molecular complexity index is 923. The van der Waals surface area contributed by atoms with Crippen molar-refractivity contribution >= 4 is 22.6 Å². The zero-order valence-corrected chi connectivity index (χ0v) is 14.6. The highest BCUT2D eigenvalue weighted by molar-refractivity contribution is 6.06. The predicted octanol–water partition coefficient (Wildman–Crippen LogP) is 3.29. The third-order valence-electron chi connectivity index (χ3n) is 4.89. The third kappa shape index (κ3) is 2.56. The maximum absolute atomic E-state index is 12.3. The van der Waals surface area contributed by atoms with Gasteiger partial charge in [0.15, 0.2) is 0 Å². The molecule has 0 atom stereocenters. The fraction of sp³-hybridized carbons (Fsp3) is 0.300. The van der Waals surface area contributed by atoms with E-state index in [1.54, 1.807) is 0 Å². The Hall–Kier alpha value is -2.82. The highest BCUT2D eigenvalue weighted by atomic mass is 16.1. The van der Waals surface area contributed by atoms with Crippen LogP contribution in [0.1, 0.15) is 24.2 Å². The van der Waals surface area contributed by atoms with Crippen LogP contribution in [-0.4, -0.2) is 35.1 Å². The van der Waals surface area contributed by atoms with E-state index >= 15 is 0 Å². The van der Waals surface area contributed by atoms with Crippen LogP contribution in [0.25, 0.3) is 22.4 Å². The molecule has 3 aromatic rings. The summed E-state index contributed by atoms with van der Waals surface area (Å²) in [5.41, 5.74) is 4.80. The van der Waals surface area contributed by atoms with Gasteiger partial charge in [0.1, 0.15) is 5.82 Å². The number of rotatable bonds is 4. The van der Waals surface area contributed by atoms with Gasteiger partial charge >= 0.3 is 0 Å². The van der Waals surface area contributed by atoms with Gasteiger partial charge in [-0.05, 0) is 50.2 Å². The third-order valence-corrected chi connectivity index (χ3v) is 4.89. The SMILES string of the molecule is CCN(CC)c1ccc(-c2nc3cccc4c3n2CCNC4=O)cc1. The van der Waals surface area contributed by atoms with E-state index < -0.39 is 0 Å². The van der Waals surface area contributed by atoms with Crippen LogP contribution < -0.4 is 10.2 Å². The minimum absolute atomic E-state index is 0.0207. The first-order valence-corrected chi connectivity index (χ1v) is 8.85. The number of aromatic nitrogens is 2. The summed E-state index contributed by atoms with van der Waals surface area (Å²) in [7, 11) is 0. The van der Waals surface area contributed by atoms with Crippen LogP contribution in [0.2, 0.25) is 0 Å². The van der Waals surface area contributed by atoms with Gasteiger partial charge in [-0.1, -0.05) is 6.07 Å². The first kappa shape index (κ1) is 15.7. The second-order valence-electron chi connectivity index (χ2n) is 6.24. The molecule has 5 nitrogen and oxygen atoms in total. The molecule has 5 heteroatoms. The van der Waals surface area contributed by atoms with Crippen LogP contribution in [0.3, 0.4) is 0 Å². The van der Waals surface area contributed by atoms with Crippen molar-refractivity contribution < 1.29 is 4.79 Å². The molecule has 1 amide bonds. The van der Waals surface area contributed by atoms with Crippen LogP contribution in [0, 0.1) is 0 Å². The highest BCUT2D eigenvalue weighted by Crippen LogP contribution is 2.29. The van der Waals surface area contributed by atoms with Crippen LogP contribution in [0.4, 0.5) is 5.69 Å². The molecule has 0 radical (unpaired) electrons. The van der Waals surface area contributed by atoms with Crippen molar-refractivity contribution in [2.24, 2.45) is 0 Å². The summed E-state index contributed by atoms with van der Waals surface area (Å²) in [4.78, 5) is 19.4. The van der Waals surface area contributed by atoms with Gasteiger partial charge < -0.3 is 14.8 Å². The average Bonchev–Trinajstić information content (AvgIpc) is 2.93. The summed E-state index contributed by atoms with van der Waals surface area (Å²) in [6.45, 7) is 7.66. The number of anilines is 1. The van der Waals surface area contributed by atoms with Crippen molar-refractivity contribution in [1.82, 2.24) is 14.9 Å². The first-order valence-electron chi connectivity index (χ1n) is 8.85. The van der Waals surface area contributed by atoms with Crippen molar-refractivity contribution in [3.63, 3.8) is 0 Å². The Morgan fingerprint density at radius 2 is 1.88 bits per heavy atom. The molecule has 0 spiro atoms. The van der Waals surface area contributed by atoms with E-state index in [4.69, 9.17) is 4.98 Å². The molecule has 1 aromatic heterocycles. The smallest absolute Gasteiger partial charge is 0.253 e. The molecule has 2 aromatic carbocycles. The Balaban J connectivity index is 1.83. The van der Waals surface area contributed by atoms with Gasteiger partial charge in [-0.25, -0.2) is 4.98 Å². The minimum Gasteiger partial charge on any atom is -0.372 e. The number of hydrogen-bond donors (Lipinski definition) is 1. The van der Waals surface area contributed by atoms with E-state index in [2.05, 4.69) is 52.9 Å². The molecule has 1 aliphatic heterocycles. The number of carbonyl (C=O) groups is 1. The first-order chi connectivity index (χ1) is 12.2. The van der Waals surface area contributed by atoms with E-state index in [0.717, 1.165) is 42.1 Å². The number of hydrogen-bond acceptors (Lipinski definition) is 3. The van der Waals surface area contributed by atoms with E-state index in [0.29, 0.717) is 12.1 Å². The van der Waals surface area contributed by atoms with Crippen molar-refractivity contribution in [1.29, 1.82) is 0 Å². The second-order valence-corrected chi connectivity index (χ2v) is 6.24. The topological polar surface area (TPSA) is 50.2 Å². The Kier molecular flexibility index (Phi) is 3.92. The Morgan fingerprint density at radius 1 is 1.12 bits per heavy atom. The fourth-order valence-electron chi connectivity index (χ4n) is 3.59. The van der Waals surface area contributed by atoms with Gasteiger partial charge in [0.05, 0.1) is 16.6 Å². The predicted molar refractivity (Wildman–Crippen MR) is 101 cm³/mol. The Labute approximate surface area is 147 Å². The summed E-state index contributed by atoms with van der Waals surface area (Å²) in [5, 5.41) is 2.96. The summed E-state index contributed by atoms with van der Waals surface area (Å²) >= 11 is 0. The van der Waals surface area contributed by atoms with Crippen molar-refractivity contribution in [3.05, 3.63) is 48.0 Å². The van der Waals surface area contributed by atoms with Crippen LogP contribution in [-0.2, 0) is 6.54 Å². The second kappa shape index (κ2) is 6.24. The molecule has 25 heavy (non-hydrogen) atoms. The van der Waals surface area contributed by atoms with Gasteiger partial charge in [0.25, 0.3) is 5.91 Å². The highest BCUT2D eigenvalue weighted by Gasteiger charge is 2.21. The molecule has 0 saturated carbocycles. The molecule has 0 aliphatic carbocycles. The number of amides is 1. The number of nitrogens with zero attached hydrogens (tertiary/aromatic N) is 3. The fourth-order valence-corrected chi connectivity index (χ4v) is 3.59. The zero-order chi connectivity index (χ0) is 17.4. The average molecular weight is 334 g/mol. The molecular formula is C20H22N4O. The van der Waals surface area contributed by atoms with Gasteiger partial charge in [0, 0.05) is 37.4 Å². The van der Waals surface area contributed by atoms with Crippen molar-refractivity contribution in [2.45, 2.75) is 20.4 Å². The van der Waals surface area contributed by atoms with Gasteiger partial charge in [0.2, 0.25) is 0 Å². The molecule has 1 aliphatic rings. The molecule has 128 valence electrons. The van der Waals surface area contributed by atoms with E-state index in [1.807, 2.05) is 18.2 Å². The van der Waals surface area contributed by atoms with Gasteiger partial charge in [-0.3, -0.25) is 4.79 Å². The lowest BCUT2D eigenvalue weighted by atomic mass is 10.1. The zero-order valence-electron chi connectivity index (χ0n) is 14.6. The quantitative estimate of drug-likeness (QED) is 0.796. The number of imidazole rings is 1. The number of carbonyl (C=O) groups excluding carboxylic acids is 1. The molecule has 0 bridgehead atoms. The van der Waals surface area contributed by atoms with Crippen LogP contribution in [0.15, 0.2) is 42.5 Å². The van der Waals surface area contributed by atoms with E-state index in [1.165, 1.54) is 5.69 Å². The van der Waals surface area contributed by atoms with Crippen LogP contribution in [0.5, 0.6) is 0 Å². The van der Waals surface area contributed by atoms with E-state index in [-0.39, 0.29) is 5.91 Å². The van der Waals surface area contributed by atoms with Crippen molar-refractivity contribution in [3.8, 4) is 11.4 Å². The van der Waals surface area contributed by atoms with Crippen molar-refractivity contribution in [2.75, 3.05) is 24.5 Å². The lowest BCUT2D eigenvalue weighted by molar-refractivity contribution is 0.0956. The number of nitrogens with one attached hydrogen (secondary N) is 1. The summed E-state index contributed by atoms with van der Waals surface area (Å²) in [6.07, 6.45) is 0. The monoisotopic (exact) mass is 334 g/mol. The maximum atomic E-state index is 12.3. The lowest BCUT2D eigenvalue weighted by Gasteiger charge is -2.21. The van der Waals surface area contributed by atoms with Gasteiger partial charge in [-0.2, -0.15) is 0 Å². The molecule has 1 N–H and O–H groups in total. The lowest BCUT2D eigenvalue weighted by Crippen LogP contribution is -2.24. The molecule has 2 heterocycles. The van der Waals surface area contributed by atoms with Crippen LogP contribution >= 0.6 is 0 Å². The summed E-state index contributed by atoms with van der Waals surface area (Å²) in [5.74, 6) is 0.901. The molecule has 0 unspecified atom stereocenters. The minimum atomic E-state index is -0.0207. The largest absolute Gasteiger partial charge is 0.372 e. The Morgan fingerprint density at radius 3 is 2.60 bits per heavy atom. The van der Waals surface area contributed by atoms with Gasteiger partial charge in [-0.15, -0.1) is 0 Å². The number of para-hydroxylation sites is 1. The number of benzene rings is 2. The summed E-state index contributed by atoms with van der Waals surface area (Å²) in [6, 6.07) is 14.3. The molecule has 0 saturated heterocycles. The molecule has 0 fully saturated rings. The molecule has 4 rings (SSSR count). The molecular weight excluding hydrogens is 312 g/mol. The summed E-state index contributed by atoms with van der Waals surface area (Å²) < 4.78 is 2.16.